The molecule has 1 aliphatic rings. The largest absolute Gasteiger partial charge is 0.355 e. The second-order valence-electron chi connectivity index (χ2n) is 7.40. The van der Waals surface area contributed by atoms with E-state index in [2.05, 4.69) is 29.6 Å². The van der Waals surface area contributed by atoms with Gasteiger partial charge in [-0.3, -0.25) is 9.48 Å². The van der Waals surface area contributed by atoms with Crippen molar-refractivity contribution in [1.82, 2.24) is 20.4 Å². The van der Waals surface area contributed by atoms with Gasteiger partial charge in [0.1, 0.15) is 0 Å². The topological polar surface area (TPSA) is 59.0 Å². The van der Waals surface area contributed by atoms with E-state index in [0.29, 0.717) is 13.1 Å². The number of benzene rings is 1. The van der Waals surface area contributed by atoms with Crippen LogP contribution in [0.2, 0.25) is 5.02 Å². The van der Waals surface area contributed by atoms with Crippen LogP contribution in [0.5, 0.6) is 0 Å². The van der Waals surface area contributed by atoms with Crippen molar-refractivity contribution in [2.24, 2.45) is 13.0 Å². The monoisotopic (exact) mass is 360 g/mol. The van der Waals surface area contributed by atoms with Gasteiger partial charge in [-0.05, 0) is 17.2 Å². The van der Waals surface area contributed by atoms with Gasteiger partial charge in [0.15, 0.2) is 0 Å². The summed E-state index contributed by atoms with van der Waals surface area (Å²) in [6.45, 7) is 6.24. The molecule has 0 saturated carbocycles. The molecule has 25 heavy (non-hydrogen) atoms. The van der Waals surface area contributed by atoms with Gasteiger partial charge in [0.05, 0.1) is 12.1 Å². The molecule has 5 nitrogen and oxygen atoms in total. The number of carbonyl (C=O) groups is 1. The van der Waals surface area contributed by atoms with Crippen LogP contribution in [0.15, 0.2) is 36.7 Å². The van der Waals surface area contributed by atoms with Crippen molar-refractivity contribution in [1.29, 1.82) is 0 Å². The first-order valence-corrected chi connectivity index (χ1v) is 8.98. The highest BCUT2D eigenvalue weighted by molar-refractivity contribution is 6.31. The lowest BCUT2D eigenvalue weighted by molar-refractivity contribution is -0.125. The van der Waals surface area contributed by atoms with Gasteiger partial charge in [0.2, 0.25) is 5.91 Å². The molecule has 2 aromatic rings. The number of hydrogen-bond donors (Lipinski definition) is 2. The molecule has 1 saturated heterocycles. The number of aromatic nitrogens is 2. The van der Waals surface area contributed by atoms with Crippen molar-refractivity contribution in [3.63, 3.8) is 0 Å². The number of aryl methyl sites for hydroxylation is 1. The number of hydrogen-bond acceptors (Lipinski definition) is 3. The van der Waals surface area contributed by atoms with Gasteiger partial charge in [0.25, 0.3) is 0 Å². The fourth-order valence-corrected chi connectivity index (χ4v) is 3.87. The van der Waals surface area contributed by atoms with Gasteiger partial charge in [-0.1, -0.05) is 43.6 Å². The minimum Gasteiger partial charge on any atom is -0.355 e. The standard InChI is InChI=1S/C19H25ClN4O/c1-19(2,16-6-4-5-7-17(16)20)12-22-18(25)15-10-21-9-14(15)13-8-23-24(3)11-13/h4-8,11,14-15,21H,9-10,12H2,1-3H3,(H,22,25)/t14-,15+/m1/s1. The summed E-state index contributed by atoms with van der Waals surface area (Å²) in [4.78, 5) is 12.8. The summed E-state index contributed by atoms with van der Waals surface area (Å²) in [5.74, 6) is 0.169. The van der Waals surface area contributed by atoms with E-state index in [9.17, 15) is 4.79 Å². The van der Waals surface area contributed by atoms with Crippen LogP contribution < -0.4 is 10.6 Å². The molecule has 2 heterocycles. The van der Waals surface area contributed by atoms with E-state index >= 15 is 0 Å². The zero-order valence-corrected chi connectivity index (χ0v) is 15.7. The molecular weight excluding hydrogens is 336 g/mol. The Bertz CT molecular complexity index is 755. The Morgan fingerprint density at radius 2 is 2.16 bits per heavy atom. The number of rotatable bonds is 5. The second-order valence-corrected chi connectivity index (χ2v) is 7.81. The summed E-state index contributed by atoms with van der Waals surface area (Å²) in [7, 11) is 1.90. The summed E-state index contributed by atoms with van der Waals surface area (Å²) < 4.78 is 1.78. The highest BCUT2D eigenvalue weighted by atomic mass is 35.5. The maximum absolute atomic E-state index is 12.8. The molecule has 1 aromatic heterocycles. The van der Waals surface area contributed by atoms with Crippen LogP contribution in [-0.2, 0) is 17.3 Å². The zero-order valence-electron chi connectivity index (χ0n) is 14.9. The molecule has 1 amide bonds. The van der Waals surface area contributed by atoms with E-state index in [0.717, 1.165) is 22.7 Å². The van der Waals surface area contributed by atoms with Gasteiger partial charge in [-0.15, -0.1) is 0 Å². The minimum atomic E-state index is -0.232. The third-order valence-electron chi connectivity index (χ3n) is 5.01. The van der Waals surface area contributed by atoms with Gasteiger partial charge < -0.3 is 10.6 Å². The molecule has 1 aromatic carbocycles. The van der Waals surface area contributed by atoms with Crippen LogP contribution in [0.3, 0.4) is 0 Å². The Kier molecular flexibility index (Phi) is 5.16. The Morgan fingerprint density at radius 1 is 1.40 bits per heavy atom. The number of carbonyl (C=O) groups excluding carboxylic acids is 1. The van der Waals surface area contributed by atoms with Gasteiger partial charge in [-0.2, -0.15) is 5.10 Å². The summed E-state index contributed by atoms with van der Waals surface area (Å²) in [6, 6.07) is 7.80. The predicted molar refractivity (Wildman–Crippen MR) is 99.8 cm³/mol. The molecule has 0 bridgehead atoms. The molecule has 3 rings (SSSR count). The average Bonchev–Trinajstić information content (AvgIpc) is 3.21. The molecule has 0 aliphatic carbocycles. The highest BCUT2D eigenvalue weighted by Gasteiger charge is 2.35. The molecule has 0 radical (unpaired) electrons. The summed E-state index contributed by atoms with van der Waals surface area (Å²) in [5.41, 5.74) is 1.92. The van der Waals surface area contributed by atoms with Crippen molar-refractivity contribution in [2.75, 3.05) is 19.6 Å². The zero-order chi connectivity index (χ0) is 18.0. The summed E-state index contributed by atoms with van der Waals surface area (Å²) in [6.07, 6.45) is 3.84. The molecule has 2 N–H and O–H groups in total. The van der Waals surface area contributed by atoms with Crippen LogP contribution >= 0.6 is 11.6 Å². The lowest BCUT2D eigenvalue weighted by Gasteiger charge is -2.28. The first-order valence-electron chi connectivity index (χ1n) is 8.60. The summed E-state index contributed by atoms with van der Waals surface area (Å²) in [5, 5.41) is 11.4. The third-order valence-corrected chi connectivity index (χ3v) is 5.34. The van der Waals surface area contributed by atoms with E-state index in [4.69, 9.17) is 11.6 Å². The first-order chi connectivity index (χ1) is 11.9. The van der Waals surface area contributed by atoms with Crippen molar-refractivity contribution < 1.29 is 4.79 Å². The summed E-state index contributed by atoms with van der Waals surface area (Å²) >= 11 is 6.32. The van der Waals surface area contributed by atoms with Gasteiger partial charge in [-0.25, -0.2) is 0 Å². The molecule has 134 valence electrons. The van der Waals surface area contributed by atoms with Gasteiger partial charge in [0, 0.05) is 49.2 Å². The normalized spacial score (nSPS) is 20.6. The number of amides is 1. The molecule has 1 aliphatic heterocycles. The van der Waals surface area contributed by atoms with Crippen LogP contribution in [0.1, 0.15) is 30.9 Å². The number of nitrogens with one attached hydrogen (secondary N) is 2. The third kappa shape index (κ3) is 3.88. The number of halogens is 1. The lowest BCUT2D eigenvalue weighted by atomic mass is 9.84. The van der Waals surface area contributed by atoms with E-state index in [1.165, 1.54) is 0 Å². The molecular formula is C19H25ClN4O. The molecule has 0 unspecified atom stereocenters. The molecule has 6 heteroatoms. The van der Waals surface area contributed by atoms with Crippen molar-refractivity contribution in [2.45, 2.75) is 25.2 Å². The van der Waals surface area contributed by atoms with E-state index in [1.807, 2.05) is 43.7 Å². The fraction of sp³-hybridized carbons (Fsp3) is 0.474. The molecule has 0 spiro atoms. The van der Waals surface area contributed by atoms with Crippen LogP contribution in [0.25, 0.3) is 0 Å². The molecule has 1 fully saturated rings. The van der Waals surface area contributed by atoms with Crippen LogP contribution in [-0.4, -0.2) is 35.3 Å². The Balaban J connectivity index is 1.66. The Morgan fingerprint density at radius 3 is 2.84 bits per heavy atom. The molecule has 2 atom stereocenters. The second kappa shape index (κ2) is 7.18. The van der Waals surface area contributed by atoms with E-state index in [1.54, 1.807) is 4.68 Å². The maximum atomic E-state index is 12.8. The number of nitrogens with zero attached hydrogens (tertiary/aromatic N) is 2. The van der Waals surface area contributed by atoms with E-state index in [-0.39, 0.29) is 23.2 Å². The first kappa shape index (κ1) is 18.0. The smallest absolute Gasteiger partial charge is 0.225 e. The van der Waals surface area contributed by atoms with Crippen molar-refractivity contribution >= 4 is 17.5 Å². The highest BCUT2D eigenvalue weighted by Crippen LogP contribution is 2.30. The quantitative estimate of drug-likeness (QED) is 0.861. The van der Waals surface area contributed by atoms with Crippen molar-refractivity contribution in [3.05, 3.63) is 52.8 Å². The van der Waals surface area contributed by atoms with Crippen molar-refractivity contribution in [3.8, 4) is 0 Å². The SMILES string of the molecule is Cn1cc([C@H]2CNC[C@@H]2C(=O)NCC(C)(C)c2ccccc2Cl)cn1. The Labute approximate surface area is 153 Å². The Hall–Kier alpha value is -1.85. The average molecular weight is 361 g/mol. The van der Waals surface area contributed by atoms with Crippen LogP contribution in [0, 0.1) is 5.92 Å². The van der Waals surface area contributed by atoms with E-state index < -0.39 is 0 Å². The van der Waals surface area contributed by atoms with Crippen LogP contribution in [0.4, 0.5) is 0 Å². The lowest BCUT2D eigenvalue weighted by Crippen LogP contribution is -2.41. The predicted octanol–water partition coefficient (Wildman–Crippen LogP) is 2.47. The van der Waals surface area contributed by atoms with Gasteiger partial charge >= 0.3 is 0 Å². The minimum absolute atomic E-state index is 0.0776. The maximum Gasteiger partial charge on any atom is 0.225 e. The fourth-order valence-electron chi connectivity index (χ4n) is 3.48.